The molecule has 1 aliphatic carbocycles. The van der Waals surface area contributed by atoms with Gasteiger partial charge in [0.15, 0.2) is 0 Å². The molecule has 0 radical (unpaired) electrons. The third kappa shape index (κ3) is 2.21. The van der Waals surface area contributed by atoms with Crippen molar-refractivity contribution < 1.29 is 8.78 Å². The van der Waals surface area contributed by atoms with Gasteiger partial charge in [0.2, 0.25) is 0 Å². The normalized spacial score (nSPS) is 24.9. The fourth-order valence-corrected chi connectivity index (χ4v) is 3.05. The first kappa shape index (κ1) is 12.5. The second kappa shape index (κ2) is 4.37. The van der Waals surface area contributed by atoms with Crippen LogP contribution in [-0.4, -0.2) is 0 Å². The van der Waals surface area contributed by atoms with Gasteiger partial charge < -0.3 is 5.73 Å². The van der Waals surface area contributed by atoms with Crippen LogP contribution in [0.4, 0.5) is 8.78 Å². The Kier molecular flexibility index (Phi) is 3.21. The van der Waals surface area contributed by atoms with Crippen molar-refractivity contribution in [3.05, 3.63) is 35.4 Å². The van der Waals surface area contributed by atoms with Crippen LogP contribution in [-0.2, 0) is 0 Å². The van der Waals surface area contributed by atoms with Crippen molar-refractivity contribution in [1.82, 2.24) is 0 Å². The number of nitrogens with two attached hydrogens (primary N) is 1. The number of hydrogen-bond donors (Lipinski definition) is 1. The monoisotopic (exact) mass is 239 g/mol. The highest BCUT2D eigenvalue weighted by Gasteiger charge is 2.40. The van der Waals surface area contributed by atoms with Gasteiger partial charge in [-0.1, -0.05) is 26.3 Å². The number of benzene rings is 1. The maximum Gasteiger partial charge on any atom is 0.130 e. The van der Waals surface area contributed by atoms with E-state index in [1.54, 1.807) is 0 Å². The highest BCUT2D eigenvalue weighted by molar-refractivity contribution is 5.24. The number of halogens is 2. The molecule has 2 rings (SSSR count). The van der Waals surface area contributed by atoms with Crippen molar-refractivity contribution in [3.8, 4) is 0 Å². The number of rotatable bonds is 2. The Labute approximate surface area is 101 Å². The van der Waals surface area contributed by atoms with E-state index in [0.717, 1.165) is 19.3 Å². The lowest BCUT2D eigenvalue weighted by molar-refractivity contribution is 0.216. The van der Waals surface area contributed by atoms with Crippen molar-refractivity contribution in [2.75, 3.05) is 0 Å². The molecule has 0 spiro atoms. The Bertz CT molecular complexity index is 394. The predicted molar refractivity (Wildman–Crippen MR) is 64.4 cm³/mol. The topological polar surface area (TPSA) is 26.0 Å². The fraction of sp³-hybridized carbons (Fsp3) is 0.571. The summed E-state index contributed by atoms with van der Waals surface area (Å²) < 4.78 is 27.4. The molecule has 1 saturated carbocycles. The molecular weight excluding hydrogens is 220 g/mol. The highest BCUT2D eigenvalue weighted by atomic mass is 19.1. The first-order valence-electron chi connectivity index (χ1n) is 6.13. The maximum absolute atomic E-state index is 13.7. The van der Waals surface area contributed by atoms with Crippen LogP contribution in [0.25, 0.3) is 0 Å². The Morgan fingerprint density at radius 2 is 1.88 bits per heavy atom. The van der Waals surface area contributed by atoms with Crippen LogP contribution in [0.1, 0.15) is 44.7 Å². The maximum atomic E-state index is 13.7. The molecule has 1 aliphatic rings. The van der Waals surface area contributed by atoms with Crippen LogP contribution < -0.4 is 5.73 Å². The Morgan fingerprint density at radius 3 is 2.35 bits per heavy atom. The summed E-state index contributed by atoms with van der Waals surface area (Å²) in [6, 6.07) is 3.38. The summed E-state index contributed by atoms with van der Waals surface area (Å²) >= 11 is 0. The lowest BCUT2D eigenvalue weighted by Crippen LogP contribution is -2.31. The Balaban J connectivity index is 2.34. The van der Waals surface area contributed by atoms with Crippen LogP contribution >= 0.6 is 0 Å². The molecule has 3 heteroatoms. The first-order valence-corrected chi connectivity index (χ1v) is 6.13. The van der Waals surface area contributed by atoms with E-state index in [0.29, 0.717) is 0 Å². The van der Waals surface area contributed by atoms with Crippen LogP contribution in [0.15, 0.2) is 18.2 Å². The molecule has 94 valence electrons. The summed E-state index contributed by atoms with van der Waals surface area (Å²) in [6.07, 6.45) is 3.10. The third-order valence-corrected chi connectivity index (χ3v) is 4.11. The minimum absolute atomic E-state index is 0.0486. The summed E-state index contributed by atoms with van der Waals surface area (Å²) in [6.45, 7) is 4.26. The van der Waals surface area contributed by atoms with Gasteiger partial charge in [-0.25, -0.2) is 8.78 Å². The molecule has 1 nitrogen and oxygen atoms in total. The number of hydrogen-bond acceptors (Lipinski definition) is 1. The zero-order valence-corrected chi connectivity index (χ0v) is 10.3. The van der Waals surface area contributed by atoms with E-state index in [2.05, 4.69) is 13.8 Å². The van der Waals surface area contributed by atoms with Gasteiger partial charge in [-0.05, 0) is 36.3 Å². The minimum Gasteiger partial charge on any atom is -0.324 e. The highest BCUT2D eigenvalue weighted by Crippen LogP contribution is 2.48. The molecule has 0 amide bonds. The van der Waals surface area contributed by atoms with Gasteiger partial charge in [0.25, 0.3) is 0 Å². The van der Waals surface area contributed by atoms with Gasteiger partial charge in [-0.3, -0.25) is 0 Å². The van der Waals surface area contributed by atoms with Crippen molar-refractivity contribution in [2.45, 2.75) is 39.2 Å². The van der Waals surface area contributed by atoms with Crippen molar-refractivity contribution in [1.29, 1.82) is 0 Å². The third-order valence-electron chi connectivity index (χ3n) is 4.11. The molecule has 0 aromatic heterocycles. The van der Waals surface area contributed by atoms with Gasteiger partial charge in [-0.15, -0.1) is 0 Å². The zero-order valence-electron chi connectivity index (χ0n) is 10.3. The van der Waals surface area contributed by atoms with Gasteiger partial charge in [-0.2, -0.15) is 0 Å². The molecule has 0 saturated heterocycles. The van der Waals surface area contributed by atoms with E-state index in [1.165, 1.54) is 18.2 Å². The van der Waals surface area contributed by atoms with Crippen molar-refractivity contribution in [2.24, 2.45) is 17.1 Å². The largest absolute Gasteiger partial charge is 0.324 e. The quantitative estimate of drug-likeness (QED) is 0.834. The van der Waals surface area contributed by atoms with E-state index >= 15 is 0 Å². The average Bonchev–Trinajstić information content (AvgIpc) is 2.57. The fourth-order valence-electron chi connectivity index (χ4n) is 3.05. The molecule has 0 aliphatic heterocycles. The van der Waals surface area contributed by atoms with Crippen LogP contribution in [0, 0.1) is 23.0 Å². The van der Waals surface area contributed by atoms with Crippen LogP contribution in [0.2, 0.25) is 0 Å². The summed E-state index contributed by atoms with van der Waals surface area (Å²) in [5.41, 5.74) is 6.21. The lowest BCUT2D eigenvalue weighted by Gasteiger charge is -2.32. The van der Waals surface area contributed by atoms with E-state index in [4.69, 9.17) is 5.73 Å². The van der Waals surface area contributed by atoms with E-state index in [1.807, 2.05) is 0 Å². The van der Waals surface area contributed by atoms with Gasteiger partial charge >= 0.3 is 0 Å². The Morgan fingerprint density at radius 1 is 1.29 bits per heavy atom. The summed E-state index contributed by atoms with van der Waals surface area (Å²) in [5, 5.41) is 0. The molecule has 17 heavy (non-hydrogen) atoms. The smallest absolute Gasteiger partial charge is 0.130 e. The lowest BCUT2D eigenvalue weighted by atomic mass is 9.75. The van der Waals surface area contributed by atoms with E-state index in [9.17, 15) is 8.78 Å². The molecule has 2 unspecified atom stereocenters. The second-order valence-electron chi connectivity index (χ2n) is 5.65. The molecule has 0 bridgehead atoms. The predicted octanol–water partition coefficient (Wildman–Crippen LogP) is 3.79. The molecule has 1 aromatic rings. The summed E-state index contributed by atoms with van der Waals surface area (Å²) in [7, 11) is 0. The van der Waals surface area contributed by atoms with Gasteiger partial charge in [0, 0.05) is 11.6 Å². The summed E-state index contributed by atoms with van der Waals surface area (Å²) in [5.74, 6) is -0.908. The van der Waals surface area contributed by atoms with E-state index < -0.39 is 17.7 Å². The molecule has 1 fully saturated rings. The SMILES string of the molecule is CC1(C)CCCC1C(N)c1c(F)cccc1F. The van der Waals surface area contributed by atoms with E-state index in [-0.39, 0.29) is 16.9 Å². The van der Waals surface area contributed by atoms with Crippen molar-refractivity contribution in [3.63, 3.8) is 0 Å². The minimum atomic E-state index is -0.548. The molecule has 2 N–H and O–H groups in total. The van der Waals surface area contributed by atoms with Crippen LogP contribution in [0.5, 0.6) is 0 Å². The zero-order chi connectivity index (χ0) is 12.6. The Hall–Kier alpha value is -0.960. The second-order valence-corrected chi connectivity index (χ2v) is 5.65. The average molecular weight is 239 g/mol. The van der Waals surface area contributed by atoms with Crippen molar-refractivity contribution >= 4 is 0 Å². The summed E-state index contributed by atoms with van der Waals surface area (Å²) in [4.78, 5) is 0. The van der Waals surface area contributed by atoms with Crippen LogP contribution in [0.3, 0.4) is 0 Å². The molecule has 1 aromatic carbocycles. The molecular formula is C14H19F2N. The standard InChI is InChI=1S/C14H19F2N/c1-14(2)8-4-5-9(14)13(17)12-10(15)6-3-7-11(12)16/h3,6-7,9,13H,4-5,8,17H2,1-2H3. The molecule has 0 heterocycles. The van der Waals surface area contributed by atoms with Gasteiger partial charge in [0.1, 0.15) is 11.6 Å². The van der Waals surface area contributed by atoms with Gasteiger partial charge in [0.05, 0.1) is 0 Å². The molecule has 2 atom stereocenters. The first-order chi connectivity index (χ1) is 7.93.